The summed E-state index contributed by atoms with van der Waals surface area (Å²) in [5, 5.41) is 0. The fourth-order valence-corrected chi connectivity index (χ4v) is 2.26. The maximum absolute atomic E-state index is 5.84. The van der Waals surface area contributed by atoms with Crippen LogP contribution in [0.1, 0.15) is 0 Å². The van der Waals surface area contributed by atoms with Crippen LogP contribution in [-0.2, 0) is 4.74 Å². The molecular formula is C9H12INOS. The Morgan fingerprint density at radius 1 is 1.54 bits per heavy atom. The first-order chi connectivity index (χ1) is 6.24. The van der Waals surface area contributed by atoms with Crippen LogP contribution in [0.4, 0.5) is 5.69 Å². The Balaban J connectivity index is 2.56. The van der Waals surface area contributed by atoms with E-state index in [0.29, 0.717) is 0 Å². The van der Waals surface area contributed by atoms with Gasteiger partial charge in [0.15, 0.2) is 0 Å². The van der Waals surface area contributed by atoms with Gasteiger partial charge in [0.25, 0.3) is 0 Å². The second-order valence-corrected chi connectivity index (χ2v) is 4.91. The number of nitrogens with two attached hydrogens (primary N) is 1. The summed E-state index contributed by atoms with van der Waals surface area (Å²) in [6, 6.07) is 6.10. The molecule has 0 atom stereocenters. The molecule has 0 saturated heterocycles. The third-order valence-electron chi connectivity index (χ3n) is 1.52. The van der Waals surface area contributed by atoms with Crippen LogP contribution in [-0.4, -0.2) is 19.5 Å². The number of hydrogen-bond acceptors (Lipinski definition) is 3. The van der Waals surface area contributed by atoms with Crippen molar-refractivity contribution in [3.63, 3.8) is 0 Å². The second kappa shape index (κ2) is 5.72. The molecule has 72 valence electrons. The third kappa shape index (κ3) is 3.74. The van der Waals surface area contributed by atoms with Gasteiger partial charge in [0.2, 0.25) is 0 Å². The summed E-state index contributed by atoms with van der Waals surface area (Å²) in [5.41, 5.74) is 6.69. The van der Waals surface area contributed by atoms with E-state index in [4.69, 9.17) is 10.5 Å². The zero-order valence-electron chi connectivity index (χ0n) is 7.42. The monoisotopic (exact) mass is 309 g/mol. The summed E-state index contributed by atoms with van der Waals surface area (Å²) in [7, 11) is 1.71. The molecule has 2 N–H and O–H groups in total. The maximum Gasteiger partial charge on any atom is 0.0556 e. The highest BCUT2D eigenvalue weighted by Crippen LogP contribution is 2.26. The van der Waals surface area contributed by atoms with Crippen LogP contribution in [0.15, 0.2) is 23.1 Å². The van der Waals surface area contributed by atoms with E-state index in [2.05, 4.69) is 34.7 Å². The molecular weight excluding hydrogens is 297 g/mol. The Morgan fingerprint density at radius 2 is 2.31 bits per heavy atom. The van der Waals surface area contributed by atoms with Gasteiger partial charge < -0.3 is 10.5 Å². The van der Waals surface area contributed by atoms with Crippen molar-refractivity contribution in [3.05, 3.63) is 21.8 Å². The van der Waals surface area contributed by atoms with Crippen LogP contribution in [0.3, 0.4) is 0 Å². The van der Waals surface area contributed by atoms with Gasteiger partial charge in [-0.15, -0.1) is 11.8 Å². The molecule has 0 heterocycles. The first-order valence-corrected chi connectivity index (χ1v) is 5.97. The van der Waals surface area contributed by atoms with Crippen molar-refractivity contribution in [3.8, 4) is 0 Å². The van der Waals surface area contributed by atoms with Crippen molar-refractivity contribution in [2.24, 2.45) is 0 Å². The molecule has 0 saturated carbocycles. The molecule has 1 aromatic carbocycles. The highest BCUT2D eigenvalue weighted by Gasteiger charge is 1.99. The van der Waals surface area contributed by atoms with Gasteiger partial charge in [-0.2, -0.15) is 0 Å². The first kappa shape index (κ1) is 11.1. The van der Waals surface area contributed by atoms with Crippen LogP contribution < -0.4 is 5.73 Å². The Kier molecular flexibility index (Phi) is 4.90. The summed E-state index contributed by atoms with van der Waals surface area (Å²) >= 11 is 3.98. The molecule has 0 amide bonds. The lowest BCUT2D eigenvalue weighted by atomic mass is 10.3. The molecule has 1 rings (SSSR count). The molecule has 4 heteroatoms. The Morgan fingerprint density at radius 3 is 2.92 bits per heavy atom. The molecule has 13 heavy (non-hydrogen) atoms. The van der Waals surface area contributed by atoms with E-state index in [1.165, 1.54) is 3.57 Å². The predicted molar refractivity (Wildman–Crippen MR) is 66.2 cm³/mol. The fourth-order valence-electron chi connectivity index (χ4n) is 0.886. The SMILES string of the molecule is COCCSc1ccc(I)cc1N. The van der Waals surface area contributed by atoms with Crippen LogP contribution in [0.2, 0.25) is 0 Å². The van der Waals surface area contributed by atoms with Gasteiger partial charge in [-0.25, -0.2) is 0 Å². The predicted octanol–water partition coefficient (Wildman–Crippen LogP) is 2.61. The summed E-state index contributed by atoms with van der Waals surface area (Å²) in [6.07, 6.45) is 0. The summed E-state index contributed by atoms with van der Waals surface area (Å²) in [5.74, 6) is 0.946. The van der Waals surface area contributed by atoms with Gasteiger partial charge in [0.05, 0.1) is 6.61 Å². The van der Waals surface area contributed by atoms with Gasteiger partial charge in [-0.05, 0) is 40.8 Å². The number of hydrogen-bond donors (Lipinski definition) is 1. The zero-order valence-corrected chi connectivity index (χ0v) is 10.4. The number of nitrogen functional groups attached to an aromatic ring is 1. The number of rotatable bonds is 4. The van der Waals surface area contributed by atoms with Crippen molar-refractivity contribution < 1.29 is 4.74 Å². The van der Waals surface area contributed by atoms with Gasteiger partial charge in [-0.3, -0.25) is 0 Å². The van der Waals surface area contributed by atoms with E-state index in [9.17, 15) is 0 Å². The van der Waals surface area contributed by atoms with Crippen molar-refractivity contribution in [1.29, 1.82) is 0 Å². The lowest BCUT2D eigenvalue weighted by Gasteiger charge is -2.04. The van der Waals surface area contributed by atoms with E-state index in [0.717, 1.165) is 22.9 Å². The average molecular weight is 309 g/mol. The van der Waals surface area contributed by atoms with Gasteiger partial charge >= 0.3 is 0 Å². The Labute approximate surface area is 96.4 Å². The second-order valence-electron chi connectivity index (χ2n) is 2.52. The third-order valence-corrected chi connectivity index (χ3v) is 3.24. The van der Waals surface area contributed by atoms with E-state index in [1.807, 2.05) is 6.07 Å². The van der Waals surface area contributed by atoms with Crippen LogP contribution in [0.5, 0.6) is 0 Å². The minimum Gasteiger partial charge on any atom is -0.398 e. The molecule has 0 radical (unpaired) electrons. The van der Waals surface area contributed by atoms with Crippen LogP contribution in [0, 0.1) is 3.57 Å². The average Bonchev–Trinajstić information content (AvgIpc) is 2.09. The van der Waals surface area contributed by atoms with Gasteiger partial charge in [0, 0.05) is 27.0 Å². The zero-order chi connectivity index (χ0) is 9.68. The van der Waals surface area contributed by atoms with E-state index in [-0.39, 0.29) is 0 Å². The number of anilines is 1. The summed E-state index contributed by atoms with van der Waals surface area (Å²) in [6.45, 7) is 0.760. The topological polar surface area (TPSA) is 35.2 Å². The first-order valence-electron chi connectivity index (χ1n) is 3.91. The standard InChI is InChI=1S/C9H12INOS/c1-12-4-5-13-9-3-2-7(10)6-8(9)11/h2-3,6H,4-5,11H2,1H3. The van der Waals surface area contributed by atoms with Crippen LogP contribution in [0.25, 0.3) is 0 Å². The molecule has 0 aliphatic heterocycles. The summed E-state index contributed by atoms with van der Waals surface area (Å²) < 4.78 is 6.14. The lowest BCUT2D eigenvalue weighted by Crippen LogP contribution is -1.94. The number of ether oxygens (including phenoxy) is 1. The quantitative estimate of drug-likeness (QED) is 0.402. The molecule has 0 aliphatic rings. The van der Waals surface area contributed by atoms with Crippen LogP contribution >= 0.6 is 34.4 Å². The number of benzene rings is 1. The van der Waals surface area contributed by atoms with E-state index >= 15 is 0 Å². The van der Waals surface area contributed by atoms with E-state index in [1.54, 1.807) is 18.9 Å². The number of thioether (sulfide) groups is 1. The van der Waals surface area contributed by atoms with Crippen molar-refractivity contribution in [2.45, 2.75) is 4.90 Å². The molecule has 0 aliphatic carbocycles. The number of methoxy groups -OCH3 is 1. The normalized spacial score (nSPS) is 10.3. The molecule has 0 aromatic heterocycles. The van der Waals surface area contributed by atoms with Crippen molar-refractivity contribution in [1.82, 2.24) is 0 Å². The Bertz CT molecular complexity index is 280. The van der Waals surface area contributed by atoms with Gasteiger partial charge in [0.1, 0.15) is 0 Å². The highest BCUT2D eigenvalue weighted by molar-refractivity contribution is 14.1. The van der Waals surface area contributed by atoms with Gasteiger partial charge in [-0.1, -0.05) is 0 Å². The maximum atomic E-state index is 5.84. The summed E-state index contributed by atoms with van der Waals surface area (Å²) in [4.78, 5) is 1.14. The smallest absolute Gasteiger partial charge is 0.0556 e. The minimum atomic E-state index is 0.760. The molecule has 0 spiro atoms. The largest absolute Gasteiger partial charge is 0.398 e. The molecule has 0 fully saturated rings. The molecule has 0 unspecified atom stereocenters. The molecule has 1 aromatic rings. The number of halogens is 1. The fraction of sp³-hybridized carbons (Fsp3) is 0.333. The Hall–Kier alpha value is 0.0600. The molecule has 2 nitrogen and oxygen atoms in total. The highest BCUT2D eigenvalue weighted by atomic mass is 127. The van der Waals surface area contributed by atoms with Crippen molar-refractivity contribution in [2.75, 3.05) is 25.2 Å². The van der Waals surface area contributed by atoms with Crippen molar-refractivity contribution >= 4 is 40.0 Å². The lowest BCUT2D eigenvalue weighted by molar-refractivity contribution is 0.218. The van der Waals surface area contributed by atoms with E-state index < -0.39 is 0 Å². The minimum absolute atomic E-state index is 0.760. The molecule has 0 bridgehead atoms.